The Balaban J connectivity index is 4.13. The number of aliphatic imine (C=N–C) groups is 1. The number of guanidine groups is 1. The summed E-state index contributed by atoms with van der Waals surface area (Å²) in [6.45, 7) is 5.99. The largest absolute Gasteiger partial charge is 0.359 e. The third-order valence-corrected chi connectivity index (χ3v) is 0.892. The number of nitriles is 1. The minimum absolute atomic E-state index is 0.0707. The second kappa shape index (κ2) is 3.81. The highest BCUT2D eigenvalue weighted by Gasteiger charge is 2.10. The molecule has 4 nitrogen and oxygen atoms in total. The van der Waals surface area contributed by atoms with Crippen molar-refractivity contribution in [3.05, 3.63) is 0 Å². The Hall–Kier alpha value is -1.24. The predicted octanol–water partition coefficient (Wildman–Crippen LogP) is 0.431. The summed E-state index contributed by atoms with van der Waals surface area (Å²) in [5.41, 5.74) is -0.0707. The maximum absolute atomic E-state index is 8.25. The van der Waals surface area contributed by atoms with Crippen molar-refractivity contribution in [2.75, 3.05) is 7.05 Å². The molecule has 0 aromatic carbocycles. The van der Waals surface area contributed by atoms with Crippen LogP contribution in [-0.4, -0.2) is 18.5 Å². The van der Waals surface area contributed by atoms with Gasteiger partial charge in [-0.2, -0.15) is 5.26 Å². The minimum Gasteiger partial charge on any atom is -0.359 e. The van der Waals surface area contributed by atoms with Crippen LogP contribution in [0.4, 0.5) is 0 Å². The Morgan fingerprint density at radius 1 is 1.45 bits per heavy atom. The monoisotopic (exact) mass is 154 g/mol. The maximum atomic E-state index is 8.25. The van der Waals surface area contributed by atoms with Crippen LogP contribution in [0.5, 0.6) is 0 Å². The normalized spacial score (nSPS) is 12.1. The van der Waals surface area contributed by atoms with E-state index in [-0.39, 0.29) is 5.54 Å². The Morgan fingerprint density at radius 2 is 2.00 bits per heavy atom. The Bertz CT molecular complexity index is 182. The molecular formula is C7H14N4. The Morgan fingerprint density at radius 3 is 2.27 bits per heavy atom. The molecule has 0 aromatic rings. The summed E-state index contributed by atoms with van der Waals surface area (Å²) in [5.74, 6) is 0.500. The van der Waals surface area contributed by atoms with Crippen molar-refractivity contribution in [2.45, 2.75) is 26.3 Å². The summed E-state index contributed by atoms with van der Waals surface area (Å²) in [7, 11) is 1.72. The standard InChI is InChI=1S/C7H14N4/c1-7(2,3)11-6(9-4)10-5-8/h1-4H3,(H2,9,10,11). The van der Waals surface area contributed by atoms with E-state index in [0.717, 1.165) is 0 Å². The lowest BCUT2D eigenvalue weighted by atomic mass is 10.1. The van der Waals surface area contributed by atoms with Crippen LogP contribution in [0.1, 0.15) is 20.8 Å². The first-order chi connectivity index (χ1) is 4.99. The van der Waals surface area contributed by atoms with Crippen LogP contribution in [0.15, 0.2) is 4.99 Å². The van der Waals surface area contributed by atoms with Crippen LogP contribution in [0, 0.1) is 11.5 Å². The van der Waals surface area contributed by atoms with Gasteiger partial charge in [-0.25, -0.2) is 0 Å². The molecule has 0 rings (SSSR count). The topological polar surface area (TPSA) is 60.2 Å². The molecule has 0 bridgehead atoms. The lowest BCUT2D eigenvalue weighted by Crippen LogP contribution is -2.46. The lowest BCUT2D eigenvalue weighted by Gasteiger charge is -2.21. The van der Waals surface area contributed by atoms with Gasteiger partial charge in [0.1, 0.15) is 0 Å². The summed E-state index contributed by atoms with van der Waals surface area (Å²) in [5, 5.41) is 14.0. The fourth-order valence-electron chi connectivity index (χ4n) is 0.552. The van der Waals surface area contributed by atoms with Gasteiger partial charge in [-0.05, 0) is 20.8 Å². The maximum Gasteiger partial charge on any atom is 0.209 e. The van der Waals surface area contributed by atoms with Gasteiger partial charge in [0.05, 0.1) is 0 Å². The van der Waals surface area contributed by atoms with Gasteiger partial charge in [0, 0.05) is 12.6 Å². The van der Waals surface area contributed by atoms with Gasteiger partial charge in [-0.3, -0.25) is 0 Å². The van der Waals surface area contributed by atoms with Crippen LogP contribution in [0.25, 0.3) is 0 Å². The first-order valence-corrected chi connectivity index (χ1v) is 3.42. The van der Waals surface area contributed by atoms with E-state index in [4.69, 9.17) is 5.26 Å². The molecule has 0 saturated carbocycles. The molecule has 4 heteroatoms. The summed E-state index contributed by atoms with van der Waals surface area (Å²) in [6.07, 6.45) is 1.70. The van der Waals surface area contributed by atoms with Crippen LogP contribution < -0.4 is 10.6 Å². The molecule has 11 heavy (non-hydrogen) atoms. The number of nitrogens with zero attached hydrogens (tertiary/aromatic N) is 2. The zero-order valence-corrected chi connectivity index (χ0v) is 7.39. The second-order valence-corrected chi connectivity index (χ2v) is 3.19. The zero-order valence-electron chi connectivity index (χ0n) is 7.39. The fourth-order valence-corrected chi connectivity index (χ4v) is 0.552. The first kappa shape index (κ1) is 9.76. The Labute approximate surface area is 67.3 Å². The van der Waals surface area contributed by atoms with Crippen molar-refractivity contribution >= 4 is 5.96 Å². The van der Waals surface area contributed by atoms with Gasteiger partial charge in [0.2, 0.25) is 12.2 Å². The summed E-state index contributed by atoms with van der Waals surface area (Å²) in [4.78, 5) is 3.53. The molecule has 0 aliphatic rings. The summed E-state index contributed by atoms with van der Waals surface area (Å²) in [6, 6.07) is 0. The highest BCUT2D eigenvalue weighted by molar-refractivity contribution is 5.80. The van der Waals surface area contributed by atoms with E-state index in [9.17, 15) is 0 Å². The molecule has 0 aromatic heterocycles. The SMILES string of the molecule is CNC(=NC#N)NC(C)(C)C. The van der Waals surface area contributed by atoms with Gasteiger partial charge in [-0.15, -0.1) is 4.99 Å². The van der Waals surface area contributed by atoms with Crippen molar-refractivity contribution in [1.29, 1.82) is 5.26 Å². The highest BCUT2D eigenvalue weighted by atomic mass is 15.2. The summed E-state index contributed by atoms with van der Waals surface area (Å²) >= 11 is 0. The van der Waals surface area contributed by atoms with E-state index < -0.39 is 0 Å². The number of rotatable bonds is 0. The van der Waals surface area contributed by atoms with E-state index in [1.165, 1.54) is 0 Å². The highest BCUT2D eigenvalue weighted by Crippen LogP contribution is 1.96. The predicted molar refractivity (Wildman–Crippen MR) is 45.0 cm³/mol. The second-order valence-electron chi connectivity index (χ2n) is 3.19. The van der Waals surface area contributed by atoms with Gasteiger partial charge >= 0.3 is 0 Å². The Kier molecular flexibility index (Phi) is 3.38. The molecule has 62 valence electrons. The van der Waals surface area contributed by atoms with E-state index in [1.54, 1.807) is 13.2 Å². The lowest BCUT2D eigenvalue weighted by molar-refractivity contribution is 0.505. The number of hydrogen-bond donors (Lipinski definition) is 2. The van der Waals surface area contributed by atoms with Crippen LogP contribution >= 0.6 is 0 Å². The molecular weight excluding hydrogens is 140 g/mol. The quantitative estimate of drug-likeness (QED) is 0.302. The third-order valence-electron chi connectivity index (χ3n) is 0.892. The van der Waals surface area contributed by atoms with E-state index in [0.29, 0.717) is 5.96 Å². The minimum atomic E-state index is -0.0707. The molecule has 2 N–H and O–H groups in total. The van der Waals surface area contributed by atoms with Crippen LogP contribution in [0.3, 0.4) is 0 Å². The van der Waals surface area contributed by atoms with Crippen molar-refractivity contribution in [1.82, 2.24) is 10.6 Å². The van der Waals surface area contributed by atoms with Crippen LogP contribution in [-0.2, 0) is 0 Å². The van der Waals surface area contributed by atoms with Crippen molar-refractivity contribution < 1.29 is 0 Å². The molecule has 0 atom stereocenters. The average Bonchev–Trinajstić information content (AvgIpc) is 1.84. The van der Waals surface area contributed by atoms with E-state index in [1.807, 2.05) is 20.8 Å². The molecule has 0 saturated heterocycles. The molecule has 0 heterocycles. The molecule has 0 aliphatic carbocycles. The van der Waals surface area contributed by atoms with Gasteiger partial charge in [-0.1, -0.05) is 0 Å². The van der Waals surface area contributed by atoms with Gasteiger partial charge in [0.25, 0.3) is 0 Å². The van der Waals surface area contributed by atoms with Crippen LogP contribution in [0.2, 0.25) is 0 Å². The van der Waals surface area contributed by atoms with Crippen molar-refractivity contribution in [3.63, 3.8) is 0 Å². The average molecular weight is 154 g/mol. The molecule has 0 fully saturated rings. The fraction of sp³-hybridized carbons (Fsp3) is 0.714. The molecule has 0 unspecified atom stereocenters. The number of hydrogen-bond acceptors (Lipinski definition) is 2. The third kappa shape index (κ3) is 5.22. The van der Waals surface area contributed by atoms with Crippen molar-refractivity contribution in [2.24, 2.45) is 4.99 Å². The number of nitrogens with one attached hydrogen (secondary N) is 2. The van der Waals surface area contributed by atoms with Crippen molar-refractivity contribution in [3.8, 4) is 6.19 Å². The van der Waals surface area contributed by atoms with Gasteiger partial charge < -0.3 is 10.6 Å². The molecule has 0 radical (unpaired) electrons. The van der Waals surface area contributed by atoms with Gasteiger partial charge in [0.15, 0.2) is 0 Å². The van der Waals surface area contributed by atoms with E-state index in [2.05, 4.69) is 15.6 Å². The first-order valence-electron chi connectivity index (χ1n) is 3.42. The summed E-state index contributed by atoms with van der Waals surface area (Å²) < 4.78 is 0. The molecule has 0 spiro atoms. The smallest absolute Gasteiger partial charge is 0.209 e. The molecule has 0 amide bonds. The zero-order chi connectivity index (χ0) is 8.91. The molecule has 0 aliphatic heterocycles. The van der Waals surface area contributed by atoms with E-state index >= 15 is 0 Å².